The first kappa shape index (κ1) is 24.1. The lowest BCUT2D eigenvalue weighted by Gasteiger charge is -2.19. The smallest absolute Gasteiger partial charge is 0.254 e. The Balaban J connectivity index is 2.13. The van der Waals surface area contributed by atoms with Crippen molar-refractivity contribution >= 4 is 52.3 Å². The number of rotatable bonds is 8. The van der Waals surface area contributed by atoms with Crippen LogP contribution in [-0.4, -0.2) is 44.0 Å². The summed E-state index contributed by atoms with van der Waals surface area (Å²) in [6, 6.07) is 7.90. The van der Waals surface area contributed by atoms with E-state index in [0.29, 0.717) is 39.8 Å². The van der Waals surface area contributed by atoms with Crippen LogP contribution in [0.15, 0.2) is 30.3 Å². The Bertz CT molecular complexity index is 914. The highest BCUT2D eigenvalue weighted by molar-refractivity contribution is 6.39. The lowest BCUT2D eigenvalue weighted by molar-refractivity contribution is -0.116. The number of hydrogen-bond donors (Lipinski definition) is 1. The maximum Gasteiger partial charge on any atom is 0.254 e. The average molecular weight is 474 g/mol. The van der Waals surface area contributed by atoms with Crippen molar-refractivity contribution in [2.45, 2.75) is 13.8 Å². The maximum absolute atomic E-state index is 12.8. The summed E-state index contributed by atoms with van der Waals surface area (Å²) in [5.74, 6) is 0.149. The molecule has 1 N–H and O–H groups in total. The first-order valence-electron chi connectivity index (χ1n) is 9.13. The Morgan fingerprint density at radius 3 is 2.30 bits per heavy atom. The molecule has 0 aromatic heterocycles. The van der Waals surface area contributed by atoms with Crippen molar-refractivity contribution in [2.24, 2.45) is 5.92 Å². The first-order valence-corrected chi connectivity index (χ1v) is 10.3. The quantitative estimate of drug-likeness (QED) is 0.557. The minimum atomic E-state index is -0.448. The van der Waals surface area contributed by atoms with Crippen LogP contribution in [-0.2, 0) is 4.79 Å². The predicted molar refractivity (Wildman–Crippen MR) is 120 cm³/mol. The molecule has 0 heterocycles. The van der Waals surface area contributed by atoms with Gasteiger partial charge in [-0.2, -0.15) is 0 Å². The number of carbonyl (C=O) groups excluding carboxylic acids is 2. The lowest BCUT2D eigenvalue weighted by Crippen LogP contribution is -2.35. The molecule has 0 fully saturated rings. The van der Waals surface area contributed by atoms with Crippen molar-refractivity contribution in [3.63, 3.8) is 0 Å². The standard InChI is InChI=1S/C21H23Cl3N2O4/c1-12(2)11-30-20-16(24)8-13(9-17(20)29-4)21(28)26(3)10-18(27)25-19-14(22)6-5-7-15(19)23/h5-9,12H,10-11H2,1-4H3,(H,25,27). The number of carbonyl (C=O) groups is 2. The number of halogens is 3. The summed E-state index contributed by atoms with van der Waals surface area (Å²) in [5.41, 5.74) is 0.558. The summed E-state index contributed by atoms with van der Waals surface area (Å²) in [4.78, 5) is 26.4. The number of nitrogens with one attached hydrogen (secondary N) is 1. The molecule has 0 spiro atoms. The van der Waals surface area contributed by atoms with Crippen LogP contribution in [0.1, 0.15) is 24.2 Å². The Morgan fingerprint density at radius 2 is 1.73 bits per heavy atom. The summed E-state index contributed by atoms with van der Waals surface area (Å²) in [7, 11) is 2.96. The summed E-state index contributed by atoms with van der Waals surface area (Å²) in [6.45, 7) is 4.25. The molecular weight excluding hydrogens is 451 g/mol. The lowest BCUT2D eigenvalue weighted by atomic mass is 10.1. The van der Waals surface area contributed by atoms with Crippen LogP contribution in [0, 0.1) is 5.92 Å². The minimum absolute atomic E-state index is 0.216. The second kappa shape index (κ2) is 10.8. The van der Waals surface area contributed by atoms with Crippen molar-refractivity contribution in [1.29, 1.82) is 0 Å². The van der Waals surface area contributed by atoms with Gasteiger partial charge in [0.1, 0.15) is 0 Å². The second-order valence-corrected chi connectivity index (χ2v) is 8.22. The molecule has 6 nitrogen and oxygen atoms in total. The number of hydrogen-bond acceptors (Lipinski definition) is 4. The van der Waals surface area contributed by atoms with Crippen molar-refractivity contribution < 1.29 is 19.1 Å². The molecule has 0 unspecified atom stereocenters. The topological polar surface area (TPSA) is 67.9 Å². The summed E-state index contributed by atoms with van der Waals surface area (Å²) in [6.07, 6.45) is 0. The van der Waals surface area contributed by atoms with E-state index in [1.54, 1.807) is 18.2 Å². The van der Waals surface area contributed by atoms with Crippen molar-refractivity contribution in [3.05, 3.63) is 51.0 Å². The van der Waals surface area contributed by atoms with E-state index in [9.17, 15) is 9.59 Å². The molecule has 0 aliphatic carbocycles. The first-order chi connectivity index (χ1) is 14.1. The van der Waals surface area contributed by atoms with Gasteiger partial charge >= 0.3 is 0 Å². The molecular formula is C21H23Cl3N2O4. The zero-order valence-corrected chi connectivity index (χ0v) is 19.4. The molecule has 0 aliphatic rings. The molecule has 2 amide bonds. The van der Waals surface area contributed by atoms with Crippen LogP contribution < -0.4 is 14.8 Å². The fraction of sp³-hybridized carbons (Fsp3) is 0.333. The number of methoxy groups -OCH3 is 1. The molecule has 0 aliphatic heterocycles. The van der Waals surface area contributed by atoms with Gasteiger partial charge in [-0.1, -0.05) is 54.7 Å². The number of likely N-dealkylation sites (N-methyl/N-ethyl adjacent to an activating group) is 1. The van der Waals surface area contributed by atoms with Crippen LogP contribution in [0.2, 0.25) is 15.1 Å². The normalized spacial score (nSPS) is 10.7. The predicted octanol–water partition coefficient (Wildman–Crippen LogP) is 5.40. The highest BCUT2D eigenvalue weighted by Gasteiger charge is 2.21. The number of amides is 2. The number of benzene rings is 2. The molecule has 2 aromatic carbocycles. The molecule has 0 atom stereocenters. The van der Waals surface area contributed by atoms with Crippen LogP contribution >= 0.6 is 34.8 Å². The van der Waals surface area contributed by atoms with Gasteiger partial charge in [-0.05, 0) is 30.2 Å². The zero-order chi connectivity index (χ0) is 22.4. The Kier molecular flexibility index (Phi) is 8.65. The Labute approximate surface area is 191 Å². The molecule has 162 valence electrons. The van der Waals surface area contributed by atoms with Gasteiger partial charge in [0.15, 0.2) is 11.5 Å². The summed E-state index contributed by atoms with van der Waals surface area (Å²) >= 11 is 18.4. The van der Waals surface area contributed by atoms with E-state index >= 15 is 0 Å². The van der Waals surface area contributed by atoms with Crippen LogP contribution in [0.25, 0.3) is 0 Å². The average Bonchev–Trinajstić information content (AvgIpc) is 2.68. The molecule has 0 saturated carbocycles. The van der Waals surface area contributed by atoms with Gasteiger partial charge < -0.3 is 19.7 Å². The summed E-state index contributed by atoms with van der Waals surface area (Å²) < 4.78 is 11.0. The molecule has 30 heavy (non-hydrogen) atoms. The molecule has 0 radical (unpaired) electrons. The van der Waals surface area contributed by atoms with E-state index in [1.165, 1.54) is 31.2 Å². The van der Waals surface area contributed by atoms with E-state index in [2.05, 4.69) is 5.32 Å². The maximum atomic E-state index is 12.8. The van der Waals surface area contributed by atoms with Gasteiger partial charge in [-0.15, -0.1) is 0 Å². The van der Waals surface area contributed by atoms with Crippen LogP contribution in [0.5, 0.6) is 11.5 Å². The van der Waals surface area contributed by atoms with Gasteiger partial charge in [0.2, 0.25) is 5.91 Å². The SMILES string of the molecule is COc1cc(C(=O)N(C)CC(=O)Nc2c(Cl)cccc2Cl)cc(Cl)c1OCC(C)C. The molecule has 0 saturated heterocycles. The summed E-state index contributed by atoms with van der Waals surface area (Å²) in [5, 5.41) is 3.48. The Hall–Kier alpha value is -2.15. The van der Waals surface area contributed by atoms with E-state index in [0.717, 1.165) is 0 Å². The number of anilines is 1. The van der Waals surface area contributed by atoms with E-state index in [-0.39, 0.29) is 17.1 Å². The third-order valence-corrected chi connectivity index (χ3v) is 4.90. The van der Waals surface area contributed by atoms with E-state index < -0.39 is 11.8 Å². The van der Waals surface area contributed by atoms with Gasteiger partial charge in [0.05, 0.1) is 41.0 Å². The fourth-order valence-electron chi connectivity index (χ4n) is 2.54. The second-order valence-electron chi connectivity index (χ2n) is 7.00. The van der Waals surface area contributed by atoms with Crippen LogP contribution in [0.4, 0.5) is 5.69 Å². The molecule has 9 heteroatoms. The van der Waals surface area contributed by atoms with Crippen LogP contribution in [0.3, 0.4) is 0 Å². The molecule has 0 bridgehead atoms. The highest BCUT2D eigenvalue weighted by Crippen LogP contribution is 2.37. The third kappa shape index (κ3) is 6.17. The van der Waals surface area contributed by atoms with Gasteiger partial charge in [-0.3, -0.25) is 9.59 Å². The van der Waals surface area contributed by atoms with Crippen molar-refractivity contribution in [3.8, 4) is 11.5 Å². The van der Waals surface area contributed by atoms with Crippen molar-refractivity contribution in [2.75, 3.05) is 32.6 Å². The van der Waals surface area contributed by atoms with E-state index in [4.69, 9.17) is 44.3 Å². The largest absolute Gasteiger partial charge is 0.493 e. The molecule has 2 aromatic rings. The third-order valence-electron chi connectivity index (χ3n) is 3.99. The molecule has 2 rings (SSSR count). The monoisotopic (exact) mass is 472 g/mol. The van der Waals surface area contributed by atoms with E-state index in [1.807, 2.05) is 13.8 Å². The minimum Gasteiger partial charge on any atom is -0.493 e. The number of nitrogens with zero attached hydrogens (tertiary/aromatic N) is 1. The van der Waals surface area contributed by atoms with Gasteiger partial charge in [0, 0.05) is 12.6 Å². The van der Waals surface area contributed by atoms with Gasteiger partial charge in [-0.25, -0.2) is 0 Å². The highest BCUT2D eigenvalue weighted by atomic mass is 35.5. The van der Waals surface area contributed by atoms with Crippen molar-refractivity contribution in [1.82, 2.24) is 4.90 Å². The number of ether oxygens (including phenoxy) is 2. The number of para-hydroxylation sites is 1. The fourth-order valence-corrected chi connectivity index (χ4v) is 3.29. The van der Waals surface area contributed by atoms with Gasteiger partial charge in [0.25, 0.3) is 5.91 Å². The zero-order valence-electron chi connectivity index (χ0n) is 17.1. The Morgan fingerprint density at radius 1 is 1.10 bits per heavy atom.